The van der Waals surface area contributed by atoms with Crippen molar-refractivity contribution in [1.82, 2.24) is 0 Å². The zero-order chi connectivity index (χ0) is 9.31. The molecule has 1 aromatic rings. The van der Waals surface area contributed by atoms with Gasteiger partial charge in [0, 0.05) is 5.41 Å². The molecular formula is C11H14O2. The van der Waals surface area contributed by atoms with Crippen molar-refractivity contribution in [3.63, 3.8) is 0 Å². The molecule has 0 bridgehead atoms. The van der Waals surface area contributed by atoms with E-state index < -0.39 is 0 Å². The molecule has 0 unspecified atom stereocenters. The van der Waals surface area contributed by atoms with Gasteiger partial charge in [0.05, 0.1) is 6.26 Å². The largest absolute Gasteiger partial charge is 0.461 e. The number of rotatable bonds is 2. The van der Waals surface area contributed by atoms with Crippen molar-refractivity contribution in [1.29, 1.82) is 0 Å². The number of carbonyl (C=O) groups is 1. The molecule has 0 spiro atoms. The van der Waals surface area contributed by atoms with Crippen LogP contribution in [0, 0.1) is 5.41 Å². The molecule has 1 aromatic heterocycles. The molecule has 2 rings (SSSR count). The third kappa shape index (κ3) is 1.41. The predicted molar refractivity (Wildman–Crippen MR) is 49.6 cm³/mol. The molecule has 0 saturated heterocycles. The Morgan fingerprint density at radius 2 is 2.15 bits per heavy atom. The van der Waals surface area contributed by atoms with Crippen LogP contribution in [0.3, 0.4) is 0 Å². The highest BCUT2D eigenvalue weighted by Crippen LogP contribution is 2.40. The molecule has 1 fully saturated rings. The summed E-state index contributed by atoms with van der Waals surface area (Å²) in [6.07, 6.45) is 5.91. The zero-order valence-electron chi connectivity index (χ0n) is 7.88. The molecule has 0 aromatic carbocycles. The van der Waals surface area contributed by atoms with Crippen LogP contribution < -0.4 is 0 Å². The first-order valence-electron chi connectivity index (χ1n) is 4.81. The van der Waals surface area contributed by atoms with Crippen LogP contribution in [0.15, 0.2) is 22.8 Å². The molecule has 0 N–H and O–H groups in total. The Morgan fingerprint density at radius 1 is 1.46 bits per heavy atom. The Bertz CT molecular complexity index is 292. The van der Waals surface area contributed by atoms with E-state index >= 15 is 0 Å². The molecule has 1 aliphatic rings. The minimum Gasteiger partial charge on any atom is -0.461 e. The topological polar surface area (TPSA) is 30.2 Å². The fourth-order valence-electron chi connectivity index (χ4n) is 2.09. The first-order chi connectivity index (χ1) is 6.22. The third-order valence-electron chi connectivity index (χ3n) is 3.00. The van der Waals surface area contributed by atoms with E-state index in [0.717, 1.165) is 12.8 Å². The maximum atomic E-state index is 11.9. The van der Waals surface area contributed by atoms with E-state index in [9.17, 15) is 4.79 Å². The van der Waals surface area contributed by atoms with Crippen molar-refractivity contribution in [3.8, 4) is 0 Å². The van der Waals surface area contributed by atoms with E-state index in [0.29, 0.717) is 5.76 Å². The molecule has 0 atom stereocenters. The van der Waals surface area contributed by atoms with Crippen molar-refractivity contribution in [2.45, 2.75) is 32.6 Å². The smallest absolute Gasteiger partial charge is 0.203 e. The fourth-order valence-corrected chi connectivity index (χ4v) is 2.09. The summed E-state index contributed by atoms with van der Waals surface area (Å²) in [5.74, 6) is 0.694. The van der Waals surface area contributed by atoms with Crippen molar-refractivity contribution in [2.75, 3.05) is 0 Å². The summed E-state index contributed by atoms with van der Waals surface area (Å²) in [5, 5.41) is 0. The normalized spacial score (nSPS) is 20.4. The Kier molecular flexibility index (Phi) is 1.98. The quantitative estimate of drug-likeness (QED) is 0.651. The first kappa shape index (κ1) is 8.54. The SMILES string of the molecule is CC1(C(=O)c2ccco2)CCCC1. The second kappa shape index (κ2) is 3.02. The molecular weight excluding hydrogens is 164 g/mol. The van der Waals surface area contributed by atoms with E-state index in [-0.39, 0.29) is 11.2 Å². The molecule has 0 amide bonds. The first-order valence-corrected chi connectivity index (χ1v) is 4.81. The molecule has 1 heterocycles. The summed E-state index contributed by atoms with van der Waals surface area (Å²) < 4.78 is 5.12. The van der Waals surface area contributed by atoms with Crippen molar-refractivity contribution in [3.05, 3.63) is 24.2 Å². The second-order valence-electron chi connectivity index (χ2n) is 4.07. The van der Waals surface area contributed by atoms with E-state index in [1.807, 2.05) is 6.92 Å². The number of carbonyl (C=O) groups excluding carboxylic acids is 1. The number of ketones is 1. The van der Waals surface area contributed by atoms with Gasteiger partial charge in [-0.05, 0) is 25.0 Å². The van der Waals surface area contributed by atoms with Crippen molar-refractivity contribution >= 4 is 5.78 Å². The Labute approximate surface area is 77.9 Å². The lowest BCUT2D eigenvalue weighted by Crippen LogP contribution is -2.23. The van der Waals surface area contributed by atoms with Gasteiger partial charge < -0.3 is 4.42 Å². The van der Waals surface area contributed by atoms with Crippen LogP contribution in [-0.4, -0.2) is 5.78 Å². The van der Waals surface area contributed by atoms with Crippen molar-refractivity contribution in [2.24, 2.45) is 5.41 Å². The lowest BCUT2D eigenvalue weighted by molar-refractivity contribution is 0.0793. The summed E-state index contributed by atoms with van der Waals surface area (Å²) >= 11 is 0. The summed E-state index contributed by atoms with van der Waals surface area (Å²) in [7, 11) is 0. The van der Waals surface area contributed by atoms with Gasteiger partial charge in [0.15, 0.2) is 5.76 Å². The van der Waals surface area contributed by atoms with Gasteiger partial charge in [0.2, 0.25) is 5.78 Å². The molecule has 70 valence electrons. The van der Waals surface area contributed by atoms with Crippen LogP contribution in [0.25, 0.3) is 0 Å². The van der Waals surface area contributed by atoms with Crippen molar-refractivity contribution < 1.29 is 9.21 Å². The summed E-state index contributed by atoms with van der Waals surface area (Å²) in [6, 6.07) is 3.53. The summed E-state index contributed by atoms with van der Waals surface area (Å²) in [4.78, 5) is 11.9. The third-order valence-corrected chi connectivity index (χ3v) is 3.00. The molecule has 1 aliphatic carbocycles. The number of hydrogen-bond donors (Lipinski definition) is 0. The number of Topliss-reactive ketones (excluding diaryl/α,β-unsaturated/α-hetero) is 1. The predicted octanol–water partition coefficient (Wildman–Crippen LogP) is 3.04. The Morgan fingerprint density at radius 3 is 2.69 bits per heavy atom. The second-order valence-corrected chi connectivity index (χ2v) is 4.07. The van der Waals surface area contributed by atoms with Gasteiger partial charge in [-0.15, -0.1) is 0 Å². The van der Waals surface area contributed by atoms with E-state index in [1.54, 1.807) is 18.4 Å². The highest BCUT2D eigenvalue weighted by Gasteiger charge is 2.37. The maximum absolute atomic E-state index is 11.9. The monoisotopic (exact) mass is 178 g/mol. The van der Waals surface area contributed by atoms with Gasteiger partial charge in [0.1, 0.15) is 0 Å². The van der Waals surface area contributed by atoms with Crippen LogP contribution >= 0.6 is 0 Å². The standard InChI is InChI=1S/C11H14O2/c1-11(6-2-3-7-11)10(12)9-5-4-8-13-9/h4-5,8H,2-3,6-7H2,1H3. The van der Waals surface area contributed by atoms with Crippen LogP contribution in [0.2, 0.25) is 0 Å². The molecule has 0 aliphatic heterocycles. The minimum absolute atomic E-state index is 0.155. The molecule has 13 heavy (non-hydrogen) atoms. The average Bonchev–Trinajstić information content (AvgIpc) is 2.73. The van der Waals surface area contributed by atoms with Gasteiger partial charge in [-0.1, -0.05) is 19.8 Å². The molecule has 0 radical (unpaired) electrons. The van der Waals surface area contributed by atoms with Gasteiger partial charge >= 0.3 is 0 Å². The summed E-state index contributed by atoms with van der Waals surface area (Å²) in [6.45, 7) is 2.05. The number of furan rings is 1. The van der Waals surface area contributed by atoms with Gasteiger partial charge in [-0.3, -0.25) is 4.79 Å². The zero-order valence-corrected chi connectivity index (χ0v) is 7.88. The molecule has 2 heteroatoms. The van der Waals surface area contributed by atoms with Gasteiger partial charge in [-0.25, -0.2) is 0 Å². The van der Waals surface area contributed by atoms with E-state index in [4.69, 9.17) is 4.42 Å². The molecule has 2 nitrogen and oxygen atoms in total. The summed E-state index contributed by atoms with van der Waals surface area (Å²) in [5.41, 5.74) is -0.155. The Balaban J connectivity index is 2.21. The van der Waals surface area contributed by atoms with Gasteiger partial charge in [0.25, 0.3) is 0 Å². The fraction of sp³-hybridized carbons (Fsp3) is 0.545. The van der Waals surface area contributed by atoms with E-state index in [1.165, 1.54) is 12.8 Å². The van der Waals surface area contributed by atoms with Crippen LogP contribution in [0.4, 0.5) is 0 Å². The minimum atomic E-state index is -0.155. The van der Waals surface area contributed by atoms with Crippen LogP contribution in [0.1, 0.15) is 43.2 Å². The van der Waals surface area contributed by atoms with Crippen LogP contribution in [-0.2, 0) is 0 Å². The lowest BCUT2D eigenvalue weighted by atomic mass is 9.83. The van der Waals surface area contributed by atoms with E-state index in [2.05, 4.69) is 0 Å². The lowest BCUT2D eigenvalue weighted by Gasteiger charge is -2.19. The average molecular weight is 178 g/mol. The highest BCUT2D eigenvalue weighted by atomic mass is 16.3. The van der Waals surface area contributed by atoms with Crippen LogP contribution in [0.5, 0.6) is 0 Å². The molecule has 1 saturated carbocycles. The number of hydrogen-bond acceptors (Lipinski definition) is 2. The Hall–Kier alpha value is -1.05. The maximum Gasteiger partial charge on any atom is 0.203 e. The van der Waals surface area contributed by atoms with Gasteiger partial charge in [-0.2, -0.15) is 0 Å². The highest BCUT2D eigenvalue weighted by molar-refractivity contribution is 5.98.